The number of aromatic nitrogens is 8. The third-order valence-corrected chi connectivity index (χ3v) is 17.3. The summed E-state index contributed by atoms with van der Waals surface area (Å²) in [5, 5.41) is 30.2. The summed E-state index contributed by atoms with van der Waals surface area (Å²) >= 11 is 0. The van der Waals surface area contributed by atoms with Gasteiger partial charge in [-0.3, -0.25) is 24.8 Å². The van der Waals surface area contributed by atoms with Crippen LogP contribution < -0.4 is 35.3 Å². The lowest BCUT2D eigenvalue weighted by Crippen LogP contribution is -2.46. The molecule has 5 aliphatic heterocycles. The molecule has 1 spiro atoms. The van der Waals surface area contributed by atoms with Crippen LogP contribution >= 0.6 is 0 Å². The molecular weight excluding hydrogens is 1030 g/mol. The SMILES string of the molecule is CN1CCC(Nc2cccc(C(=O)NC3CC4(CCOC4)Oc4ccccc43)c2)(c2nc(-c3cc[n+](CCc4cccc5c4OCCC5NC(=O)c4cccc(NC5(c6nc(-c7ccncc7)n[nH]6)CCN(C)CC5)c4)cc3)n[nH]2)CC1. The molecule has 82 heavy (non-hydrogen) atoms. The topological polar surface area (TPSA) is 216 Å². The van der Waals surface area contributed by atoms with E-state index in [1.165, 1.54) is 0 Å². The van der Waals surface area contributed by atoms with Crippen molar-refractivity contribution in [3.63, 3.8) is 0 Å². The van der Waals surface area contributed by atoms with Gasteiger partial charge < -0.3 is 45.3 Å². The summed E-state index contributed by atoms with van der Waals surface area (Å²) in [6, 6.07) is 37.2. The third-order valence-electron chi connectivity index (χ3n) is 17.3. The van der Waals surface area contributed by atoms with Gasteiger partial charge in [0.05, 0.1) is 43.0 Å². The summed E-state index contributed by atoms with van der Waals surface area (Å²) in [5.41, 5.74) is 6.17. The van der Waals surface area contributed by atoms with Crippen molar-refractivity contribution in [2.45, 2.75) is 86.7 Å². The Balaban J connectivity index is 0.653. The van der Waals surface area contributed by atoms with Gasteiger partial charge in [0, 0.05) is 127 Å². The second-order valence-electron chi connectivity index (χ2n) is 22.9. The average molecular weight is 1100 g/mol. The minimum Gasteiger partial charge on any atom is -0.493 e. The van der Waals surface area contributed by atoms with Gasteiger partial charge >= 0.3 is 0 Å². The maximum absolute atomic E-state index is 14.1. The number of piperidine rings is 2. The zero-order valence-corrected chi connectivity index (χ0v) is 46.4. The highest BCUT2D eigenvalue weighted by atomic mass is 16.6. The third kappa shape index (κ3) is 10.9. The lowest BCUT2D eigenvalue weighted by molar-refractivity contribution is -0.696. The minimum atomic E-state index is -0.542. The zero-order valence-electron chi connectivity index (χ0n) is 46.4. The molecule has 0 saturated carbocycles. The van der Waals surface area contributed by atoms with Crippen molar-refractivity contribution in [1.82, 2.24) is 55.8 Å². The van der Waals surface area contributed by atoms with Crippen LogP contribution in [-0.4, -0.2) is 123 Å². The molecule has 0 bridgehead atoms. The summed E-state index contributed by atoms with van der Waals surface area (Å²) in [5.74, 6) is 4.12. The lowest BCUT2D eigenvalue weighted by atomic mass is 9.86. The first kappa shape index (κ1) is 52.8. The molecule has 8 aromatic rings. The highest BCUT2D eigenvalue weighted by Gasteiger charge is 2.45. The Morgan fingerprint density at radius 2 is 1.24 bits per heavy atom. The largest absolute Gasteiger partial charge is 0.493 e. The maximum atomic E-state index is 14.1. The maximum Gasteiger partial charge on any atom is 0.251 e. The smallest absolute Gasteiger partial charge is 0.251 e. The van der Waals surface area contributed by atoms with Crippen LogP contribution in [0.2, 0.25) is 0 Å². The summed E-state index contributed by atoms with van der Waals surface area (Å²) in [6.07, 6.45) is 13.6. The predicted octanol–water partition coefficient (Wildman–Crippen LogP) is 7.91. The van der Waals surface area contributed by atoms with E-state index in [9.17, 15) is 9.59 Å². The van der Waals surface area contributed by atoms with Gasteiger partial charge in [0.15, 0.2) is 42.2 Å². The van der Waals surface area contributed by atoms with Crippen molar-refractivity contribution in [2.75, 3.05) is 70.7 Å². The molecule has 3 saturated heterocycles. The fraction of sp³-hybridized carbons (Fsp3) is 0.365. The van der Waals surface area contributed by atoms with E-state index >= 15 is 0 Å². The fourth-order valence-corrected chi connectivity index (χ4v) is 12.5. The number of carbonyl (C=O) groups excluding carboxylic acids is 2. The number of anilines is 2. The van der Waals surface area contributed by atoms with Gasteiger partial charge in [0.2, 0.25) is 0 Å². The van der Waals surface area contributed by atoms with Gasteiger partial charge in [0.25, 0.3) is 11.8 Å². The van der Waals surface area contributed by atoms with Crippen LogP contribution in [0.3, 0.4) is 0 Å². The first-order valence-electron chi connectivity index (χ1n) is 28.7. The Bertz CT molecular complexity index is 3570. The number of fused-ring (bicyclic) bond motifs is 2. The number of likely N-dealkylation sites (tertiary alicyclic amines) is 2. The van der Waals surface area contributed by atoms with Crippen molar-refractivity contribution >= 4 is 23.2 Å². The number of nitrogens with zero attached hydrogens (tertiary/aromatic N) is 8. The van der Waals surface area contributed by atoms with E-state index in [0.29, 0.717) is 62.0 Å². The predicted molar refractivity (Wildman–Crippen MR) is 309 cm³/mol. The molecule has 4 aromatic heterocycles. The number of amides is 2. The van der Waals surface area contributed by atoms with E-state index in [-0.39, 0.29) is 23.9 Å². The van der Waals surface area contributed by atoms with E-state index < -0.39 is 16.7 Å². The second-order valence-corrected chi connectivity index (χ2v) is 22.9. The quantitative estimate of drug-likeness (QED) is 0.0538. The van der Waals surface area contributed by atoms with E-state index in [1.54, 1.807) is 12.4 Å². The number of hydrogen-bond donors (Lipinski definition) is 6. The molecule has 6 N–H and O–H groups in total. The van der Waals surface area contributed by atoms with Gasteiger partial charge in [-0.05, 0) is 94.4 Å². The van der Waals surface area contributed by atoms with Crippen LogP contribution in [0.5, 0.6) is 11.5 Å². The molecule has 5 aliphatic rings. The van der Waals surface area contributed by atoms with E-state index in [0.717, 1.165) is 127 Å². The Hall–Kier alpha value is -8.52. The van der Waals surface area contributed by atoms with Crippen molar-refractivity contribution in [3.05, 3.63) is 180 Å². The number of carbonyl (C=O) groups is 2. The molecule has 0 aliphatic carbocycles. The van der Waals surface area contributed by atoms with Crippen molar-refractivity contribution < 1.29 is 28.4 Å². The van der Waals surface area contributed by atoms with Crippen LogP contribution in [-0.2, 0) is 28.8 Å². The molecule has 420 valence electrons. The number of rotatable bonds is 15. The highest BCUT2D eigenvalue weighted by Crippen LogP contribution is 2.44. The van der Waals surface area contributed by atoms with Crippen molar-refractivity contribution in [1.29, 1.82) is 0 Å². The van der Waals surface area contributed by atoms with E-state index in [4.69, 9.17) is 29.3 Å². The first-order chi connectivity index (χ1) is 40.1. The van der Waals surface area contributed by atoms with Crippen molar-refractivity contribution in [2.24, 2.45) is 0 Å². The van der Waals surface area contributed by atoms with Crippen LogP contribution in [0, 0.1) is 0 Å². The molecule has 13 rings (SSSR count). The molecule has 3 atom stereocenters. The fourth-order valence-electron chi connectivity index (χ4n) is 12.5. The molecule has 3 fully saturated rings. The van der Waals surface area contributed by atoms with E-state index in [1.807, 2.05) is 84.9 Å². The van der Waals surface area contributed by atoms with Crippen molar-refractivity contribution in [3.8, 4) is 34.3 Å². The molecule has 19 heteroatoms. The van der Waals surface area contributed by atoms with Gasteiger partial charge in [-0.15, -0.1) is 0 Å². The number of benzene rings is 4. The summed E-state index contributed by atoms with van der Waals surface area (Å²) < 4.78 is 20.8. The number of H-pyrrole nitrogens is 2. The van der Waals surface area contributed by atoms with Gasteiger partial charge in [-0.25, -0.2) is 14.5 Å². The zero-order chi connectivity index (χ0) is 55.7. The van der Waals surface area contributed by atoms with Crippen LogP contribution in [0.4, 0.5) is 11.4 Å². The van der Waals surface area contributed by atoms with Gasteiger partial charge in [-0.1, -0.05) is 48.5 Å². The van der Waals surface area contributed by atoms with Crippen LogP contribution in [0.1, 0.15) is 106 Å². The Morgan fingerprint density at radius 3 is 1.87 bits per heavy atom. The monoisotopic (exact) mass is 1100 g/mol. The number of nitrogens with one attached hydrogen (secondary N) is 6. The normalized spacial score (nSPS) is 21.1. The molecular formula is C63H69N14O5+. The number of aromatic amines is 2. The Labute approximate surface area is 476 Å². The second kappa shape index (κ2) is 22.4. The summed E-state index contributed by atoms with van der Waals surface area (Å²) in [6.45, 7) is 5.86. The standard InChI is InChI=1S/C63H68N14O5/c1-75-32-22-62(23-33-75,59-67-55(71-73-59)43-16-27-64-28-17-43)69-47-11-5-9-45(38-47)57(78)65-51-21-36-81-54-42(8-7-14-50(51)54)18-29-77-30-19-44(20-31-77)56-68-60(74-72-56)63(24-34-76(2)35-25-63)70-48-12-6-10-46(39-48)58(79)66-52-40-61(26-37-80-41-61)82-53-15-4-3-13-49(52)53/h3-17,19-20,27-28,30-31,38-39,51-52,69-70H,18,21-26,29,32-37,40-41H2,1-2H3,(H3,64,65,66,67,71,73,78,79)/p+1. The van der Waals surface area contributed by atoms with E-state index in [2.05, 4.69) is 113 Å². The Morgan fingerprint density at radius 1 is 0.659 bits per heavy atom. The molecule has 9 heterocycles. The molecule has 3 unspecified atom stereocenters. The summed E-state index contributed by atoms with van der Waals surface area (Å²) in [7, 11) is 4.27. The van der Waals surface area contributed by atoms with Crippen LogP contribution in [0.25, 0.3) is 22.8 Å². The number of hydrogen-bond acceptors (Lipinski definition) is 14. The van der Waals surface area contributed by atoms with Crippen LogP contribution in [0.15, 0.2) is 140 Å². The molecule has 4 aromatic carbocycles. The minimum absolute atomic E-state index is 0.141. The lowest BCUT2D eigenvalue weighted by Gasteiger charge is -2.40. The van der Waals surface area contributed by atoms with Gasteiger partial charge in [-0.2, -0.15) is 10.2 Å². The number of ether oxygens (including phenoxy) is 3. The number of aryl methyl sites for hydroxylation is 2. The number of pyridine rings is 2. The molecule has 0 radical (unpaired) electrons. The molecule has 2 amide bonds. The highest BCUT2D eigenvalue weighted by molar-refractivity contribution is 5.96. The average Bonchev–Trinajstić information content (AvgIpc) is 4.48. The Kier molecular flexibility index (Phi) is 14.5. The molecule has 19 nitrogen and oxygen atoms in total. The summed E-state index contributed by atoms with van der Waals surface area (Å²) in [4.78, 5) is 47.1. The van der Waals surface area contributed by atoms with Gasteiger partial charge in [0.1, 0.15) is 17.1 Å². The number of para-hydroxylation sites is 2. The first-order valence-corrected chi connectivity index (χ1v) is 28.7.